The molecule has 1 heterocycles. The number of aryl methyl sites for hydroxylation is 1. The Balaban J connectivity index is 2.39. The molecule has 0 unspecified atom stereocenters. The predicted molar refractivity (Wildman–Crippen MR) is 70.0 cm³/mol. The molecule has 0 aliphatic rings. The summed E-state index contributed by atoms with van der Waals surface area (Å²) in [6.45, 7) is 1.65. The van der Waals surface area contributed by atoms with Crippen molar-refractivity contribution in [1.82, 2.24) is 10.2 Å². The Morgan fingerprint density at radius 3 is 2.55 bits per heavy atom. The first-order valence-electron chi connectivity index (χ1n) is 5.45. The van der Waals surface area contributed by atoms with E-state index in [1.807, 2.05) is 12.1 Å². The van der Waals surface area contributed by atoms with Gasteiger partial charge in [0.2, 0.25) is 0 Å². The molecule has 2 aromatic rings. The minimum atomic E-state index is -3.85. The third kappa shape index (κ3) is 2.46. The molecular formula is C12H9N5O2S. The molecule has 0 aliphatic heterocycles. The van der Waals surface area contributed by atoms with Crippen molar-refractivity contribution in [2.45, 2.75) is 11.8 Å². The SMILES string of the molecule is Cc1cc(S(=O)(=O)Nc2[nH]ncc2C#N)ccc1C#N. The molecule has 0 bridgehead atoms. The molecule has 0 radical (unpaired) electrons. The average Bonchev–Trinajstić information content (AvgIpc) is 2.85. The maximum Gasteiger partial charge on any atom is 0.263 e. The molecule has 0 aliphatic carbocycles. The number of aromatic amines is 1. The second kappa shape index (κ2) is 5.03. The highest BCUT2D eigenvalue weighted by atomic mass is 32.2. The van der Waals surface area contributed by atoms with E-state index in [1.54, 1.807) is 6.92 Å². The van der Waals surface area contributed by atoms with E-state index in [4.69, 9.17) is 10.5 Å². The summed E-state index contributed by atoms with van der Waals surface area (Å²) in [6, 6.07) is 7.93. The van der Waals surface area contributed by atoms with E-state index in [1.165, 1.54) is 24.4 Å². The van der Waals surface area contributed by atoms with Gasteiger partial charge in [0.05, 0.1) is 22.7 Å². The summed E-state index contributed by atoms with van der Waals surface area (Å²) in [5.41, 5.74) is 1.06. The fourth-order valence-corrected chi connectivity index (χ4v) is 2.69. The molecule has 0 spiro atoms. The number of nitrogens with zero attached hydrogens (tertiary/aromatic N) is 3. The van der Waals surface area contributed by atoms with Crippen molar-refractivity contribution in [2.75, 3.05) is 4.72 Å². The van der Waals surface area contributed by atoms with Gasteiger partial charge < -0.3 is 0 Å². The standard InChI is InChI=1S/C12H9N5O2S/c1-8-4-11(3-2-9(8)5-13)20(18,19)17-12-10(6-14)7-15-16-12/h2-4,7H,1H3,(H2,15,16,17). The molecule has 0 amide bonds. The van der Waals surface area contributed by atoms with E-state index in [0.29, 0.717) is 11.1 Å². The largest absolute Gasteiger partial charge is 0.263 e. The lowest BCUT2D eigenvalue weighted by atomic mass is 10.1. The number of H-pyrrole nitrogens is 1. The van der Waals surface area contributed by atoms with E-state index in [0.717, 1.165) is 0 Å². The molecule has 0 fully saturated rings. The highest BCUT2D eigenvalue weighted by Gasteiger charge is 2.18. The molecule has 8 heteroatoms. The molecule has 1 aromatic heterocycles. The minimum Gasteiger partial charge on any atom is -0.263 e. The molecule has 2 N–H and O–H groups in total. The van der Waals surface area contributed by atoms with Crippen LogP contribution in [0.4, 0.5) is 5.82 Å². The molecule has 100 valence electrons. The predicted octanol–water partition coefficient (Wildman–Crippen LogP) is 1.26. The summed E-state index contributed by atoms with van der Waals surface area (Å²) in [5, 5.41) is 23.6. The number of sulfonamides is 1. The molecule has 1 aromatic carbocycles. The van der Waals surface area contributed by atoms with Crippen LogP contribution in [-0.4, -0.2) is 18.6 Å². The lowest BCUT2D eigenvalue weighted by molar-refractivity contribution is 0.601. The van der Waals surface area contributed by atoms with Crippen LogP contribution in [0.2, 0.25) is 0 Å². The van der Waals surface area contributed by atoms with Crippen molar-refractivity contribution >= 4 is 15.8 Å². The molecule has 0 saturated carbocycles. The quantitative estimate of drug-likeness (QED) is 0.879. The molecule has 7 nitrogen and oxygen atoms in total. The monoisotopic (exact) mass is 287 g/mol. The van der Waals surface area contributed by atoms with Crippen molar-refractivity contribution in [2.24, 2.45) is 0 Å². The van der Waals surface area contributed by atoms with E-state index in [-0.39, 0.29) is 16.3 Å². The van der Waals surface area contributed by atoms with Crippen LogP contribution >= 0.6 is 0 Å². The first-order valence-corrected chi connectivity index (χ1v) is 6.93. The van der Waals surface area contributed by atoms with Crippen molar-refractivity contribution in [3.63, 3.8) is 0 Å². The summed E-state index contributed by atoms with van der Waals surface area (Å²) in [4.78, 5) is 0.00693. The Kier molecular flexibility index (Phi) is 3.42. The fraction of sp³-hybridized carbons (Fsp3) is 0.0833. The Hall–Kier alpha value is -2.84. The highest BCUT2D eigenvalue weighted by Crippen LogP contribution is 2.19. The van der Waals surface area contributed by atoms with Gasteiger partial charge in [0.25, 0.3) is 10.0 Å². The third-order valence-corrected chi connectivity index (χ3v) is 3.97. The first-order chi connectivity index (χ1) is 9.47. The van der Waals surface area contributed by atoms with Crippen LogP contribution in [-0.2, 0) is 10.0 Å². The second-order valence-corrected chi connectivity index (χ2v) is 5.65. The molecule has 0 atom stereocenters. The van der Waals surface area contributed by atoms with Crippen LogP contribution in [0.1, 0.15) is 16.7 Å². The normalized spacial score (nSPS) is 10.6. The van der Waals surface area contributed by atoms with Gasteiger partial charge in [0, 0.05) is 0 Å². The molecule has 2 rings (SSSR count). The lowest BCUT2D eigenvalue weighted by Crippen LogP contribution is -2.14. The smallest absolute Gasteiger partial charge is 0.263 e. The van der Waals surface area contributed by atoms with Crippen molar-refractivity contribution in [3.8, 4) is 12.1 Å². The minimum absolute atomic E-state index is 0.00693. The second-order valence-electron chi connectivity index (χ2n) is 3.96. The summed E-state index contributed by atoms with van der Waals surface area (Å²) in [7, 11) is -3.85. The highest BCUT2D eigenvalue weighted by molar-refractivity contribution is 7.92. The zero-order valence-electron chi connectivity index (χ0n) is 10.4. The van der Waals surface area contributed by atoms with Crippen LogP contribution in [0.25, 0.3) is 0 Å². The van der Waals surface area contributed by atoms with Crippen LogP contribution in [0.15, 0.2) is 29.3 Å². The van der Waals surface area contributed by atoms with E-state index in [9.17, 15) is 8.42 Å². The van der Waals surface area contributed by atoms with Gasteiger partial charge in [-0.2, -0.15) is 15.6 Å². The maximum atomic E-state index is 12.2. The maximum absolute atomic E-state index is 12.2. The topological polar surface area (TPSA) is 122 Å². The number of hydrogen-bond donors (Lipinski definition) is 2. The number of aromatic nitrogens is 2. The average molecular weight is 287 g/mol. The Labute approximate surface area is 115 Å². The van der Waals surface area contributed by atoms with Crippen LogP contribution in [0.3, 0.4) is 0 Å². The van der Waals surface area contributed by atoms with Gasteiger partial charge in [-0.15, -0.1) is 0 Å². The van der Waals surface area contributed by atoms with Crippen LogP contribution in [0, 0.1) is 29.6 Å². The van der Waals surface area contributed by atoms with Crippen molar-refractivity contribution in [1.29, 1.82) is 10.5 Å². The van der Waals surface area contributed by atoms with Gasteiger partial charge in [0.15, 0.2) is 5.82 Å². The van der Waals surface area contributed by atoms with Gasteiger partial charge in [-0.1, -0.05) is 0 Å². The fourth-order valence-electron chi connectivity index (χ4n) is 1.57. The van der Waals surface area contributed by atoms with Gasteiger partial charge >= 0.3 is 0 Å². The number of nitrogens with one attached hydrogen (secondary N) is 2. The number of benzene rings is 1. The number of nitriles is 2. The third-order valence-electron chi connectivity index (χ3n) is 2.62. The molecule has 0 saturated heterocycles. The van der Waals surface area contributed by atoms with E-state index >= 15 is 0 Å². The Morgan fingerprint density at radius 1 is 1.25 bits per heavy atom. The van der Waals surface area contributed by atoms with E-state index in [2.05, 4.69) is 14.9 Å². The van der Waals surface area contributed by atoms with Gasteiger partial charge in [-0.25, -0.2) is 8.42 Å². The van der Waals surface area contributed by atoms with Crippen LogP contribution in [0.5, 0.6) is 0 Å². The number of anilines is 1. The van der Waals surface area contributed by atoms with Gasteiger partial charge in [-0.05, 0) is 30.7 Å². The van der Waals surface area contributed by atoms with Gasteiger partial charge in [-0.3, -0.25) is 9.82 Å². The summed E-state index contributed by atoms with van der Waals surface area (Å²) in [6.07, 6.45) is 1.22. The number of hydrogen-bond acceptors (Lipinski definition) is 5. The van der Waals surface area contributed by atoms with Gasteiger partial charge in [0.1, 0.15) is 11.6 Å². The zero-order valence-corrected chi connectivity index (χ0v) is 11.2. The summed E-state index contributed by atoms with van der Waals surface area (Å²) >= 11 is 0. The van der Waals surface area contributed by atoms with Crippen molar-refractivity contribution < 1.29 is 8.42 Å². The van der Waals surface area contributed by atoms with Crippen LogP contribution < -0.4 is 4.72 Å². The lowest BCUT2D eigenvalue weighted by Gasteiger charge is -2.07. The summed E-state index contributed by atoms with van der Waals surface area (Å²) in [5.74, 6) is 0.00881. The number of rotatable bonds is 3. The first kappa shape index (κ1) is 13.6. The molecule has 20 heavy (non-hydrogen) atoms. The zero-order chi connectivity index (χ0) is 14.8. The Morgan fingerprint density at radius 2 is 1.95 bits per heavy atom. The Bertz CT molecular complexity index is 839. The molecular weight excluding hydrogens is 278 g/mol. The van der Waals surface area contributed by atoms with E-state index < -0.39 is 10.0 Å². The van der Waals surface area contributed by atoms with Crippen molar-refractivity contribution in [3.05, 3.63) is 41.1 Å². The summed E-state index contributed by atoms with van der Waals surface area (Å²) < 4.78 is 26.6.